The Kier molecular flexibility index (Phi) is 3.93. The standard InChI is InChI=1S/C18H16N2O3/c1-11-7-8-13(12(2)9-11)16(21)10-23-18(22)17-14-5-3-4-6-15(14)19-20-17/h3-9H,10H2,1-2H3,(H,19,20). The molecule has 0 aliphatic heterocycles. The first-order valence-corrected chi connectivity index (χ1v) is 7.27. The molecule has 0 fully saturated rings. The summed E-state index contributed by atoms with van der Waals surface area (Å²) in [5, 5.41) is 7.41. The van der Waals surface area contributed by atoms with Crippen LogP contribution in [0, 0.1) is 13.8 Å². The lowest BCUT2D eigenvalue weighted by Crippen LogP contribution is -2.15. The van der Waals surface area contributed by atoms with Crippen LogP contribution in [-0.2, 0) is 4.74 Å². The molecule has 5 heteroatoms. The largest absolute Gasteiger partial charge is 0.452 e. The molecular formula is C18H16N2O3. The van der Waals surface area contributed by atoms with Crippen LogP contribution in [0.2, 0.25) is 0 Å². The van der Waals surface area contributed by atoms with Crippen molar-refractivity contribution in [2.45, 2.75) is 13.8 Å². The minimum atomic E-state index is -0.611. The predicted octanol–water partition coefficient (Wildman–Crippen LogP) is 3.22. The molecule has 3 aromatic rings. The molecule has 0 amide bonds. The van der Waals surface area contributed by atoms with Crippen LogP contribution in [0.4, 0.5) is 0 Å². The highest BCUT2D eigenvalue weighted by atomic mass is 16.5. The number of aromatic nitrogens is 2. The zero-order valence-corrected chi connectivity index (χ0v) is 12.9. The van der Waals surface area contributed by atoms with Gasteiger partial charge in [0.25, 0.3) is 0 Å². The van der Waals surface area contributed by atoms with Crippen LogP contribution < -0.4 is 0 Å². The molecule has 1 N–H and O–H groups in total. The summed E-state index contributed by atoms with van der Waals surface area (Å²) in [7, 11) is 0. The number of Topliss-reactive ketones (excluding diaryl/α,β-unsaturated/α-hetero) is 1. The smallest absolute Gasteiger partial charge is 0.359 e. The number of H-pyrrole nitrogens is 1. The maximum Gasteiger partial charge on any atom is 0.359 e. The fourth-order valence-corrected chi connectivity index (χ4v) is 2.52. The Hall–Kier alpha value is -2.95. The molecule has 1 aromatic heterocycles. The summed E-state index contributed by atoms with van der Waals surface area (Å²) in [6.07, 6.45) is 0. The van der Waals surface area contributed by atoms with Crippen LogP contribution in [-0.4, -0.2) is 28.6 Å². The third-order valence-corrected chi connectivity index (χ3v) is 3.68. The summed E-state index contributed by atoms with van der Waals surface area (Å²) in [4.78, 5) is 24.3. The molecule has 2 aromatic carbocycles. The van der Waals surface area contributed by atoms with Gasteiger partial charge in [-0.2, -0.15) is 5.10 Å². The zero-order valence-electron chi connectivity index (χ0n) is 12.9. The monoisotopic (exact) mass is 308 g/mol. The van der Waals surface area contributed by atoms with Crippen molar-refractivity contribution in [3.05, 3.63) is 64.8 Å². The van der Waals surface area contributed by atoms with Gasteiger partial charge in [-0.3, -0.25) is 9.89 Å². The van der Waals surface area contributed by atoms with Crippen molar-refractivity contribution in [3.63, 3.8) is 0 Å². The summed E-state index contributed by atoms with van der Waals surface area (Å²) in [5.74, 6) is -0.837. The normalized spacial score (nSPS) is 10.7. The summed E-state index contributed by atoms with van der Waals surface area (Å²) >= 11 is 0. The van der Waals surface area contributed by atoms with Crippen LogP contribution in [0.25, 0.3) is 10.9 Å². The third kappa shape index (κ3) is 2.99. The molecule has 0 aliphatic carbocycles. The number of hydrogen-bond acceptors (Lipinski definition) is 4. The van der Waals surface area contributed by atoms with Gasteiger partial charge in [0.05, 0.1) is 5.52 Å². The number of ketones is 1. The number of carbonyl (C=O) groups is 2. The number of aromatic amines is 1. The topological polar surface area (TPSA) is 72.1 Å². The number of nitrogens with zero attached hydrogens (tertiary/aromatic N) is 1. The van der Waals surface area contributed by atoms with Crippen molar-refractivity contribution in [2.24, 2.45) is 0 Å². The number of rotatable bonds is 4. The van der Waals surface area contributed by atoms with Gasteiger partial charge in [0.1, 0.15) is 0 Å². The Balaban J connectivity index is 1.72. The molecule has 0 aliphatic rings. The second-order valence-corrected chi connectivity index (χ2v) is 5.44. The predicted molar refractivity (Wildman–Crippen MR) is 86.6 cm³/mol. The summed E-state index contributed by atoms with van der Waals surface area (Å²) in [6, 6.07) is 12.8. The Labute approximate surface area is 133 Å². The van der Waals surface area contributed by atoms with Crippen molar-refractivity contribution in [1.82, 2.24) is 10.2 Å². The second-order valence-electron chi connectivity index (χ2n) is 5.44. The number of fused-ring (bicyclic) bond motifs is 1. The van der Waals surface area contributed by atoms with E-state index >= 15 is 0 Å². The SMILES string of the molecule is Cc1ccc(C(=O)COC(=O)c2n[nH]c3ccccc23)c(C)c1. The number of esters is 1. The van der Waals surface area contributed by atoms with E-state index < -0.39 is 5.97 Å². The number of aryl methyl sites for hydroxylation is 2. The van der Waals surface area contributed by atoms with Gasteiger partial charge in [0.2, 0.25) is 5.78 Å². The lowest BCUT2D eigenvalue weighted by molar-refractivity contribution is 0.0470. The van der Waals surface area contributed by atoms with Crippen molar-refractivity contribution in [2.75, 3.05) is 6.61 Å². The van der Waals surface area contributed by atoms with E-state index in [4.69, 9.17) is 4.74 Å². The van der Waals surface area contributed by atoms with Crippen molar-refractivity contribution in [1.29, 1.82) is 0 Å². The maximum absolute atomic E-state index is 12.2. The van der Waals surface area contributed by atoms with E-state index in [0.29, 0.717) is 10.9 Å². The van der Waals surface area contributed by atoms with E-state index in [1.165, 1.54) is 0 Å². The number of benzene rings is 2. The number of nitrogens with one attached hydrogen (secondary N) is 1. The van der Waals surface area contributed by atoms with E-state index in [2.05, 4.69) is 10.2 Å². The van der Waals surface area contributed by atoms with E-state index in [1.54, 1.807) is 12.1 Å². The Morgan fingerprint density at radius 1 is 1.13 bits per heavy atom. The molecule has 0 bridgehead atoms. The number of para-hydroxylation sites is 1. The van der Waals surface area contributed by atoms with Crippen LogP contribution in [0.3, 0.4) is 0 Å². The summed E-state index contributed by atoms with van der Waals surface area (Å²) in [6.45, 7) is 3.52. The Morgan fingerprint density at radius 3 is 2.70 bits per heavy atom. The third-order valence-electron chi connectivity index (χ3n) is 3.68. The maximum atomic E-state index is 12.2. The highest BCUT2D eigenvalue weighted by molar-refractivity contribution is 6.04. The van der Waals surface area contributed by atoms with Crippen molar-refractivity contribution < 1.29 is 14.3 Å². The summed E-state index contributed by atoms with van der Waals surface area (Å²) < 4.78 is 5.12. The number of carbonyl (C=O) groups excluding carboxylic acids is 2. The minimum absolute atomic E-state index is 0.189. The molecule has 5 nitrogen and oxygen atoms in total. The quantitative estimate of drug-likeness (QED) is 0.593. The number of ether oxygens (including phenoxy) is 1. The minimum Gasteiger partial charge on any atom is -0.452 e. The van der Waals surface area contributed by atoms with Gasteiger partial charge in [-0.1, -0.05) is 42.0 Å². The highest BCUT2D eigenvalue weighted by Crippen LogP contribution is 2.16. The van der Waals surface area contributed by atoms with E-state index in [9.17, 15) is 9.59 Å². The first kappa shape index (κ1) is 15.0. The Morgan fingerprint density at radius 2 is 1.91 bits per heavy atom. The lowest BCUT2D eigenvalue weighted by atomic mass is 10.0. The average molecular weight is 308 g/mol. The van der Waals surface area contributed by atoms with E-state index in [-0.39, 0.29) is 18.1 Å². The molecular weight excluding hydrogens is 292 g/mol. The zero-order chi connectivity index (χ0) is 16.4. The first-order valence-electron chi connectivity index (χ1n) is 7.27. The Bertz CT molecular complexity index is 896. The van der Waals surface area contributed by atoms with Gasteiger partial charge in [-0.25, -0.2) is 4.79 Å². The van der Waals surface area contributed by atoms with Gasteiger partial charge < -0.3 is 4.74 Å². The average Bonchev–Trinajstić information content (AvgIpc) is 2.96. The van der Waals surface area contributed by atoms with Crippen LogP contribution >= 0.6 is 0 Å². The van der Waals surface area contributed by atoms with Gasteiger partial charge >= 0.3 is 5.97 Å². The molecule has 0 unspecified atom stereocenters. The van der Waals surface area contributed by atoms with Gasteiger partial charge in [0, 0.05) is 10.9 Å². The van der Waals surface area contributed by atoms with Gasteiger partial charge in [-0.15, -0.1) is 0 Å². The molecule has 0 atom stereocenters. The van der Waals surface area contributed by atoms with Gasteiger partial charge in [0.15, 0.2) is 12.3 Å². The molecule has 0 saturated carbocycles. The van der Waals surface area contributed by atoms with Crippen molar-refractivity contribution >= 4 is 22.7 Å². The van der Waals surface area contributed by atoms with Crippen LogP contribution in [0.1, 0.15) is 32.0 Å². The van der Waals surface area contributed by atoms with Crippen LogP contribution in [0.5, 0.6) is 0 Å². The fraction of sp³-hybridized carbons (Fsp3) is 0.167. The van der Waals surface area contributed by atoms with Crippen molar-refractivity contribution in [3.8, 4) is 0 Å². The molecule has 23 heavy (non-hydrogen) atoms. The second kappa shape index (κ2) is 6.04. The molecule has 116 valence electrons. The molecule has 0 radical (unpaired) electrons. The molecule has 3 rings (SSSR count). The van der Waals surface area contributed by atoms with Gasteiger partial charge in [-0.05, 0) is 25.5 Å². The molecule has 1 heterocycles. The van der Waals surface area contributed by atoms with E-state index in [1.807, 2.05) is 44.2 Å². The fourth-order valence-electron chi connectivity index (χ4n) is 2.52. The number of hydrogen-bond donors (Lipinski definition) is 1. The highest BCUT2D eigenvalue weighted by Gasteiger charge is 2.18. The van der Waals surface area contributed by atoms with E-state index in [0.717, 1.165) is 16.6 Å². The first-order chi connectivity index (χ1) is 11.1. The lowest BCUT2D eigenvalue weighted by Gasteiger charge is -2.06. The summed E-state index contributed by atoms with van der Waals surface area (Å²) in [5.41, 5.74) is 3.46. The molecule has 0 spiro atoms. The van der Waals surface area contributed by atoms with Crippen LogP contribution in [0.15, 0.2) is 42.5 Å². The molecule has 0 saturated heterocycles.